The minimum absolute atomic E-state index is 0.0921. The highest BCUT2D eigenvalue weighted by atomic mass is 35.5. The number of thiazole rings is 1. The molecule has 0 atom stereocenters. The molecule has 0 aliphatic heterocycles. The Balaban J connectivity index is 1.80. The highest BCUT2D eigenvalue weighted by molar-refractivity contribution is 7.14. The Morgan fingerprint density at radius 2 is 1.89 bits per heavy atom. The topological polar surface area (TPSA) is 107 Å². The van der Waals surface area contributed by atoms with E-state index in [1.807, 2.05) is 23.6 Å². The molecule has 2 aromatic carbocycles. The number of carbonyl (C=O) groups excluding carboxylic acids is 1. The molecule has 1 heterocycles. The first-order valence-corrected chi connectivity index (χ1v) is 12.8. The molecule has 0 fully saturated rings. The summed E-state index contributed by atoms with van der Waals surface area (Å²) in [7, 11) is 2.82. The molecule has 11 heteroatoms. The number of anilines is 1. The SMILES string of the molecule is CO/C(=C/c1c(Cl)cc(C(=O)Nc2nc(-c3cccc(COCC(C)C)c3OC)cs2)cc1Cl)C(=O)O. The van der Waals surface area contributed by atoms with Crippen LogP contribution < -0.4 is 10.1 Å². The van der Waals surface area contributed by atoms with Crippen molar-refractivity contribution in [3.63, 3.8) is 0 Å². The summed E-state index contributed by atoms with van der Waals surface area (Å²) in [5.74, 6) is -1.02. The van der Waals surface area contributed by atoms with Gasteiger partial charge in [0.1, 0.15) is 5.75 Å². The van der Waals surface area contributed by atoms with Gasteiger partial charge in [-0.25, -0.2) is 9.78 Å². The maximum Gasteiger partial charge on any atom is 0.371 e. The highest BCUT2D eigenvalue weighted by Crippen LogP contribution is 2.36. The molecule has 8 nitrogen and oxygen atoms in total. The van der Waals surface area contributed by atoms with Crippen LogP contribution in [0.25, 0.3) is 17.3 Å². The zero-order valence-corrected chi connectivity index (χ0v) is 23.0. The molecule has 0 saturated heterocycles. The van der Waals surface area contributed by atoms with Gasteiger partial charge < -0.3 is 19.3 Å². The van der Waals surface area contributed by atoms with Crippen LogP contribution in [0.15, 0.2) is 41.5 Å². The molecule has 0 bridgehead atoms. The molecule has 0 saturated carbocycles. The number of ether oxygens (including phenoxy) is 3. The number of nitrogens with zero attached hydrogens (tertiary/aromatic N) is 1. The third-order valence-corrected chi connectivity index (χ3v) is 6.44. The maximum atomic E-state index is 12.9. The van der Waals surface area contributed by atoms with Gasteiger partial charge in [0, 0.05) is 34.2 Å². The van der Waals surface area contributed by atoms with E-state index in [-0.39, 0.29) is 26.9 Å². The molecule has 37 heavy (non-hydrogen) atoms. The fourth-order valence-corrected chi connectivity index (χ4v) is 4.66. The molecule has 3 rings (SSSR count). The van der Waals surface area contributed by atoms with Crippen molar-refractivity contribution in [1.29, 1.82) is 0 Å². The third-order valence-electron chi connectivity index (χ3n) is 5.06. The number of methoxy groups -OCH3 is 2. The minimum atomic E-state index is -1.28. The average Bonchev–Trinajstić information content (AvgIpc) is 3.31. The minimum Gasteiger partial charge on any atom is -0.496 e. The summed E-state index contributed by atoms with van der Waals surface area (Å²) in [6.45, 7) is 5.22. The van der Waals surface area contributed by atoms with Gasteiger partial charge in [-0.15, -0.1) is 11.3 Å². The lowest BCUT2D eigenvalue weighted by Crippen LogP contribution is -2.12. The van der Waals surface area contributed by atoms with Crippen molar-refractivity contribution in [3.05, 3.63) is 68.2 Å². The van der Waals surface area contributed by atoms with Crippen molar-refractivity contribution in [1.82, 2.24) is 4.98 Å². The van der Waals surface area contributed by atoms with Crippen LogP contribution in [0.5, 0.6) is 5.75 Å². The highest BCUT2D eigenvalue weighted by Gasteiger charge is 2.18. The lowest BCUT2D eigenvalue weighted by Gasteiger charge is -2.13. The number of amides is 1. The van der Waals surface area contributed by atoms with E-state index < -0.39 is 11.9 Å². The van der Waals surface area contributed by atoms with Crippen molar-refractivity contribution < 1.29 is 28.9 Å². The number of benzene rings is 2. The van der Waals surface area contributed by atoms with Gasteiger partial charge in [0.2, 0.25) is 5.76 Å². The van der Waals surface area contributed by atoms with Crippen LogP contribution in [0.4, 0.5) is 5.13 Å². The zero-order valence-electron chi connectivity index (χ0n) is 20.6. The molecule has 0 spiro atoms. The lowest BCUT2D eigenvalue weighted by molar-refractivity contribution is -0.135. The van der Waals surface area contributed by atoms with E-state index in [4.69, 9.17) is 42.5 Å². The van der Waals surface area contributed by atoms with E-state index in [0.29, 0.717) is 35.7 Å². The van der Waals surface area contributed by atoms with E-state index in [1.165, 1.54) is 36.7 Å². The molecule has 2 N–H and O–H groups in total. The van der Waals surface area contributed by atoms with Crippen LogP contribution in [-0.2, 0) is 20.9 Å². The van der Waals surface area contributed by atoms with Crippen LogP contribution in [0.2, 0.25) is 10.0 Å². The Bertz CT molecular complexity index is 1300. The van der Waals surface area contributed by atoms with Crippen molar-refractivity contribution in [2.24, 2.45) is 5.92 Å². The van der Waals surface area contributed by atoms with E-state index in [9.17, 15) is 9.59 Å². The van der Waals surface area contributed by atoms with Crippen LogP contribution >= 0.6 is 34.5 Å². The number of hydrogen-bond acceptors (Lipinski definition) is 7. The number of carboxylic acids is 1. The number of para-hydroxylation sites is 1. The Hall–Kier alpha value is -3.11. The second-order valence-electron chi connectivity index (χ2n) is 8.27. The Labute approximate surface area is 228 Å². The standard InChI is InChI=1S/C26H26Cl2N2O6S/c1-14(2)11-36-12-15-6-5-7-17(23(15)35-4)21-13-37-26(29-21)30-24(31)16-8-19(27)18(20(28)9-16)10-22(34-3)25(32)33/h5-10,13-14H,11-12H2,1-4H3,(H,32,33)(H,29,30,31)/b22-10+. The summed E-state index contributed by atoms with van der Waals surface area (Å²) in [4.78, 5) is 28.6. The molecular weight excluding hydrogens is 539 g/mol. The van der Waals surface area contributed by atoms with E-state index in [2.05, 4.69) is 24.1 Å². The first-order chi connectivity index (χ1) is 17.6. The fourth-order valence-electron chi connectivity index (χ4n) is 3.36. The summed E-state index contributed by atoms with van der Waals surface area (Å²) in [6.07, 6.45) is 1.19. The Morgan fingerprint density at radius 1 is 1.19 bits per heavy atom. The summed E-state index contributed by atoms with van der Waals surface area (Å²) >= 11 is 13.8. The third kappa shape index (κ3) is 7.23. The fraction of sp³-hybridized carbons (Fsp3) is 0.269. The molecule has 0 aliphatic rings. The quantitative estimate of drug-likeness (QED) is 0.199. The Morgan fingerprint density at radius 3 is 2.49 bits per heavy atom. The van der Waals surface area contributed by atoms with E-state index >= 15 is 0 Å². The lowest BCUT2D eigenvalue weighted by atomic mass is 10.1. The summed E-state index contributed by atoms with van der Waals surface area (Å²) in [6, 6.07) is 8.52. The molecule has 196 valence electrons. The number of aliphatic carboxylic acids is 1. The predicted molar refractivity (Wildman–Crippen MR) is 146 cm³/mol. The normalized spacial score (nSPS) is 11.5. The summed E-state index contributed by atoms with van der Waals surface area (Å²) in [5, 5.41) is 14.3. The van der Waals surface area contributed by atoms with E-state index in [0.717, 1.165) is 11.1 Å². The first-order valence-electron chi connectivity index (χ1n) is 11.1. The first kappa shape index (κ1) is 28.5. The second-order valence-corrected chi connectivity index (χ2v) is 9.94. The van der Waals surface area contributed by atoms with Gasteiger partial charge in [0.25, 0.3) is 5.91 Å². The van der Waals surface area contributed by atoms with Gasteiger partial charge >= 0.3 is 5.97 Å². The molecule has 0 aliphatic carbocycles. The number of halogens is 2. The second kappa shape index (κ2) is 12.9. The summed E-state index contributed by atoms with van der Waals surface area (Å²) in [5.41, 5.74) is 2.72. The number of aromatic nitrogens is 1. The van der Waals surface area contributed by atoms with Crippen LogP contribution in [0, 0.1) is 5.92 Å². The average molecular weight is 565 g/mol. The van der Waals surface area contributed by atoms with Crippen LogP contribution in [0.1, 0.15) is 35.3 Å². The number of rotatable bonds is 11. The number of carboxylic acid groups (broad SMARTS) is 1. The predicted octanol–water partition coefficient (Wildman–Crippen LogP) is 6.62. The Kier molecular flexibility index (Phi) is 9.93. The van der Waals surface area contributed by atoms with Crippen molar-refractivity contribution in [3.8, 4) is 17.0 Å². The van der Waals surface area contributed by atoms with Crippen molar-refractivity contribution in [2.45, 2.75) is 20.5 Å². The molecule has 1 aromatic heterocycles. The van der Waals surface area contributed by atoms with Crippen molar-refractivity contribution >= 4 is 57.6 Å². The molecule has 1 amide bonds. The van der Waals surface area contributed by atoms with Gasteiger partial charge in [0.15, 0.2) is 5.13 Å². The number of hydrogen-bond donors (Lipinski definition) is 2. The van der Waals surface area contributed by atoms with Gasteiger partial charge in [-0.05, 0) is 30.2 Å². The molecule has 3 aromatic rings. The zero-order chi connectivity index (χ0) is 27.1. The monoisotopic (exact) mass is 564 g/mol. The molecule has 0 unspecified atom stereocenters. The van der Waals surface area contributed by atoms with Gasteiger partial charge in [-0.3, -0.25) is 10.1 Å². The van der Waals surface area contributed by atoms with Crippen molar-refractivity contribution in [2.75, 3.05) is 26.1 Å². The largest absolute Gasteiger partial charge is 0.496 e. The van der Waals surface area contributed by atoms with Gasteiger partial charge in [0.05, 0.1) is 36.6 Å². The number of nitrogens with one attached hydrogen (secondary N) is 1. The van der Waals surface area contributed by atoms with Gasteiger partial charge in [-0.1, -0.05) is 49.2 Å². The molecule has 0 radical (unpaired) electrons. The van der Waals surface area contributed by atoms with Crippen LogP contribution in [0.3, 0.4) is 0 Å². The van der Waals surface area contributed by atoms with Gasteiger partial charge in [-0.2, -0.15) is 0 Å². The number of carbonyl (C=O) groups is 2. The molecular formula is C26H26Cl2N2O6S. The van der Waals surface area contributed by atoms with Crippen LogP contribution in [-0.4, -0.2) is 42.8 Å². The van der Waals surface area contributed by atoms with E-state index in [1.54, 1.807) is 7.11 Å². The smallest absolute Gasteiger partial charge is 0.371 e. The summed E-state index contributed by atoms with van der Waals surface area (Å²) < 4.78 is 16.2. The maximum absolute atomic E-state index is 12.9.